The first kappa shape index (κ1) is 10.5. The van der Waals surface area contributed by atoms with Crippen molar-refractivity contribution in [1.82, 2.24) is 0 Å². The molecule has 1 heterocycles. The molecule has 5 heteroatoms. The Morgan fingerprint density at radius 1 is 1.50 bits per heavy atom. The van der Waals surface area contributed by atoms with Gasteiger partial charge in [0.1, 0.15) is 4.92 Å². The van der Waals surface area contributed by atoms with Crippen LogP contribution in [0.5, 0.6) is 0 Å². The lowest BCUT2D eigenvalue weighted by Gasteiger charge is -2.23. The van der Waals surface area contributed by atoms with Gasteiger partial charge in [0.25, 0.3) is 0 Å². The first-order valence-electron chi connectivity index (χ1n) is 4.08. The van der Waals surface area contributed by atoms with Crippen molar-refractivity contribution >= 4 is 11.6 Å². The van der Waals surface area contributed by atoms with E-state index < -0.39 is 4.92 Å². The van der Waals surface area contributed by atoms with Crippen molar-refractivity contribution in [2.75, 3.05) is 21.1 Å². The molecule has 0 radical (unpaired) electrons. The molecule has 1 aromatic heterocycles. The summed E-state index contributed by atoms with van der Waals surface area (Å²) in [7, 11) is 5.74. The molecule has 5 nitrogen and oxygen atoms in total. The minimum atomic E-state index is -0.563. The smallest absolute Gasteiger partial charge is 0.395 e. The van der Waals surface area contributed by atoms with Crippen LogP contribution in [0.25, 0.3) is 5.70 Å². The fourth-order valence-electron chi connectivity index (χ4n) is 0.911. The number of hydrogen-bond donors (Lipinski definition) is 0. The van der Waals surface area contributed by atoms with Gasteiger partial charge in [0.2, 0.25) is 0 Å². The number of rotatable bonds is 3. The Kier molecular flexibility index (Phi) is 2.44. The monoisotopic (exact) mass is 197 g/mol. The summed E-state index contributed by atoms with van der Waals surface area (Å²) < 4.78 is 5.50. The molecule has 0 aliphatic heterocycles. The van der Waals surface area contributed by atoms with Crippen LogP contribution in [0.4, 0.5) is 5.88 Å². The van der Waals surface area contributed by atoms with E-state index in [1.54, 1.807) is 6.07 Å². The van der Waals surface area contributed by atoms with Gasteiger partial charge in [0.15, 0.2) is 11.5 Å². The van der Waals surface area contributed by atoms with Crippen LogP contribution in [-0.4, -0.2) is 30.5 Å². The average Bonchev–Trinajstić information content (AvgIpc) is 2.48. The molecule has 1 aromatic rings. The SMILES string of the molecule is C=C(c1ccc([N+](=O)[O-])o1)[N+](C)(C)C. The van der Waals surface area contributed by atoms with Crippen molar-refractivity contribution in [3.8, 4) is 0 Å². The summed E-state index contributed by atoms with van der Waals surface area (Å²) in [6.07, 6.45) is 0. The van der Waals surface area contributed by atoms with Crippen LogP contribution >= 0.6 is 0 Å². The Morgan fingerprint density at radius 2 is 2.07 bits per heavy atom. The molecule has 0 bridgehead atoms. The molecule has 76 valence electrons. The summed E-state index contributed by atoms with van der Waals surface area (Å²) in [4.78, 5) is 9.80. The Bertz CT molecular complexity index is 374. The molecule has 0 fully saturated rings. The lowest BCUT2D eigenvalue weighted by Crippen LogP contribution is -2.31. The number of furan rings is 1. The van der Waals surface area contributed by atoms with Crippen molar-refractivity contribution in [3.05, 3.63) is 34.6 Å². The van der Waals surface area contributed by atoms with Crippen LogP contribution in [0.15, 0.2) is 23.1 Å². The summed E-state index contributed by atoms with van der Waals surface area (Å²) in [6, 6.07) is 2.89. The van der Waals surface area contributed by atoms with Crippen molar-refractivity contribution in [2.45, 2.75) is 0 Å². The van der Waals surface area contributed by atoms with Crippen LogP contribution in [-0.2, 0) is 0 Å². The van der Waals surface area contributed by atoms with E-state index in [1.807, 2.05) is 21.1 Å². The average molecular weight is 197 g/mol. The Morgan fingerprint density at radius 3 is 2.43 bits per heavy atom. The van der Waals surface area contributed by atoms with Crippen LogP contribution in [0, 0.1) is 10.1 Å². The van der Waals surface area contributed by atoms with Crippen LogP contribution in [0.1, 0.15) is 5.76 Å². The zero-order valence-electron chi connectivity index (χ0n) is 8.48. The van der Waals surface area contributed by atoms with Crippen molar-refractivity contribution in [3.63, 3.8) is 0 Å². The molecule has 0 aliphatic carbocycles. The number of quaternary nitrogens is 1. The van der Waals surface area contributed by atoms with E-state index in [0.29, 0.717) is 15.9 Å². The fraction of sp³-hybridized carbons (Fsp3) is 0.333. The zero-order chi connectivity index (χ0) is 10.9. The van der Waals surface area contributed by atoms with Crippen LogP contribution < -0.4 is 0 Å². The number of nitro groups is 1. The molecule has 0 atom stereocenters. The first-order valence-corrected chi connectivity index (χ1v) is 4.08. The second kappa shape index (κ2) is 3.26. The van der Waals surface area contributed by atoms with Gasteiger partial charge in [0, 0.05) is 0 Å². The maximum atomic E-state index is 10.4. The third kappa shape index (κ3) is 2.00. The van der Waals surface area contributed by atoms with E-state index in [9.17, 15) is 10.1 Å². The summed E-state index contributed by atoms with van der Waals surface area (Å²) in [5, 5.41) is 10.4. The molecular formula is C9H13N2O3+. The second-order valence-corrected chi connectivity index (χ2v) is 3.85. The van der Waals surface area contributed by atoms with E-state index in [-0.39, 0.29) is 5.88 Å². The predicted octanol–water partition coefficient (Wildman–Crippen LogP) is 1.86. The van der Waals surface area contributed by atoms with Gasteiger partial charge in [0.05, 0.1) is 27.2 Å². The molecule has 0 aromatic carbocycles. The molecule has 0 aliphatic rings. The summed E-state index contributed by atoms with van der Waals surface area (Å²) in [6.45, 7) is 3.82. The molecule has 0 N–H and O–H groups in total. The fourth-order valence-corrected chi connectivity index (χ4v) is 0.911. The van der Waals surface area contributed by atoms with Crippen LogP contribution in [0.3, 0.4) is 0 Å². The van der Waals surface area contributed by atoms with Crippen molar-refractivity contribution in [1.29, 1.82) is 0 Å². The molecule has 0 spiro atoms. The number of hydrogen-bond acceptors (Lipinski definition) is 3. The van der Waals surface area contributed by atoms with Gasteiger partial charge in [-0.05, 0) is 12.6 Å². The molecule has 0 amide bonds. The minimum absolute atomic E-state index is 0.255. The van der Waals surface area contributed by atoms with Crippen molar-refractivity contribution < 1.29 is 13.8 Å². The van der Waals surface area contributed by atoms with E-state index >= 15 is 0 Å². The predicted molar refractivity (Wildman–Crippen MR) is 52.4 cm³/mol. The molecular weight excluding hydrogens is 184 g/mol. The molecule has 0 saturated heterocycles. The standard InChI is InChI=1S/C9H13N2O3/c1-7(11(2,3)4)8-5-6-9(14-8)10(12)13/h5-6H,1H2,2-4H3/q+1. The highest BCUT2D eigenvalue weighted by Gasteiger charge is 2.22. The Balaban J connectivity index is 2.99. The molecule has 0 unspecified atom stereocenters. The summed E-state index contributed by atoms with van der Waals surface area (Å²) in [5.41, 5.74) is 0.693. The normalized spacial score (nSPS) is 11.4. The second-order valence-electron chi connectivity index (χ2n) is 3.85. The lowest BCUT2D eigenvalue weighted by atomic mass is 10.3. The highest BCUT2D eigenvalue weighted by atomic mass is 16.6. The van der Waals surface area contributed by atoms with Crippen LogP contribution in [0.2, 0.25) is 0 Å². The quantitative estimate of drug-likeness (QED) is 0.422. The van der Waals surface area contributed by atoms with E-state index in [2.05, 4.69) is 6.58 Å². The van der Waals surface area contributed by atoms with E-state index in [4.69, 9.17) is 4.42 Å². The summed E-state index contributed by atoms with van der Waals surface area (Å²) >= 11 is 0. The first-order chi connectivity index (χ1) is 6.32. The van der Waals surface area contributed by atoms with Gasteiger partial charge in [-0.3, -0.25) is 14.6 Å². The topological polar surface area (TPSA) is 56.3 Å². The third-order valence-electron chi connectivity index (χ3n) is 1.87. The third-order valence-corrected chi connectivity index (χ3v) is 1.87. The van der Waals surface area contributed by atoms with Gasteiger partial charge < -0.3 is 4.42 Å². The minimum Gasteiger partial charge on any atom is -0.395 e. The largest absolute Gasteiger partial charge is 0.433 e. The van der Waals surface area contributed by atoms with Gasteiger partial charge in [-0.2, -0.15) is 0 Å². The summed E-state index contributed by atoms with van der Waals surface area (Å²) in [5.74, 6) is 0.193. The Labute approximate surface area is 82.0 Å². The highest BCUT2D eigenvalue weighted by Crippen LogP contribution is 2.25. The van der Waals surface area contributed by atoms with E-state index in [1.165, 1.54) is 6.07 Å². The van der Waals surface area contributed by atoms with Gasteiger partial charge >= 0.3 is 5.88 Å². The lowest BCUT2D eigenvalue weighted by molar-refractivity contribution is -0.796. The Hall–Kier alpha value is -1.62. The molecule has 14 heavy (non-hydrogen) atoms. The maximum absolute atomic E-state index is 10.4. The van der Waals surface area contributed by atoms with Gasteiger partial charge in [-0.1, -0.05) is 0 Å². The van der Waals surface area contributed by atoms with Crippen molar-refractivity contribution in [2.24, 2.45) is 0 Å². The van der Waals surface area contributed by atoms with Gasteiger partial charge in [-0.15, -0.1) is 0 Å². The molecule has 1 rings (SSSR count). The molecule has 0 saturated carbocycles. The zero-order valence-corrected chi connectivity index (χ0v) is 8.48. The van der Waals surface area contributed by atoms with E-state index in [0.717, 1.165) is 0 Å². The highest BCUT2D eigenvalue weighted by molar-refractivity contribution is 5.52. The number of nitrogens with zero attached hydrogens (tertiary/aromatic N) is 2. The van der Waals surface area contributed by atoms with Gasteiger partial charge in [-0.25, -0.2) is 0 Å². The maximum Gasteiger partial charge on any atom is 0.433 e.